The van der Waals surface area contributed by atoms with Gasteiger partial charge in [-0.2, -0.15) is 0 Å². The first kappa shape index (κ1) is 9.47. The quantitative estimate of drug-likeness (QED) is 0.660. The summed E-state index contributed by atoms with van der Waals surface area (Å²) in [6.07, 6.45) is 7.33. The maximum absolute atomic E-state index is 5.67. The summed E-state index contributed by atoms with van der Waals surface area (Å²) in [5.41, 5.74) is 0. The van der Waals surface area contributed by atoms with Crippen molar-refractivity contribution in [1.82, 2.24) is 4.90 Å². The lowest BCUT2D eigenvalue weighted by molar-refractivity contribution is 0.0940. The first-order valence-corrected chi connectivity index (χ1v) is 5.65. The van der Waals surface area contributed by atoms with Crippen molar-refractivity contribution >= 4 is 0 Å². The van der Waals surface area contributed by atoms with E-state index in [0.29, 0.717) is 6.10 Å². The smallest absolute Gasteiger partial charge is 0.0577 e. The summed E-state index contributed by atoms with van der Waals surface area (Å²) >= 11 is 0. The normalized spacial score (nSPS) is 26.5. The van der Waals surface area contributed by atoms with E-state index in [1.165, 1.54) is 45.2 Å². The Labute approximate surface area is 81.3 Å². The van der Waals surface area contributed by atoms with Crippen LogP contribution < -0.4 is 0 Å². The maximum atomic E-state index is 5.67. The standard InChI is InChI=1S/C11H21NO/c1-12-7-4-10(5-8-12)6-9-13-11-2-3-11/h10-11H,2-9H2,1H3. The molecule has 0 spiro atoms. The van der Waals surface area contributed by atoms with Gasteiger partial charge in [0, 0.05) is 6.61 Å². The molecule has 2 aliphatic rings. The molecule has 0 unspecified atom stereocenters. The topological polar surface area (TPSA) is 12.5 Å². The number of likely N-dealkylation sites (tertiary alicyclic amines) is 1. The number of hydrogen-bond donors (Lipinski definition) is 0. The molecule has 2 rings (SSSR count). The van der Waals surface area contributed by atoms with Crippen LogP contribution in [0.4, 0.5) is 0 Å². The minimum Gasteiger partial charge on any atom is -0.378 e. The Bertz CT molecular complexity index is 148. The largest absolute Gasteiger partial charge is 0.378 e. The fourth-order valence-corrected chi connectivity index (χ4v) is 1.99. The van der Waals surface area contributed by atoms with Gasteiger partial charge in [0.2, 0.25) is 0 Å². The summed E-state index contributed by atoms with van der Waals surface area (Å²) < 4.78 is 5.67. The fourth-order valence-electron chi connectivity index (χ4n) is 1.99. The molecule has 1 heterocycles. The predicted molar refractivity (Wildman–Crippen MR) is 53.8 cm³/mol. The second kappa shape index (κ2) is 4.43. The van der Waals surface area contributed by atoms with Crippen molar-refractivity contribution in [3.05, 3.63) is 0 Å². The Hall–Kier alpha value is -0.0800. The van der Waals surface area contributed by atoms with Gasteiger partial charge in [0.25, 0.3) is 0 Å². The molecule has 0 amide bonds. The summed E-state index contributed by atoms with van der Waals surface area (Å²) in [7, 11) is 2.22. The molecule has 0 N–H and O–H groups in total. The molecular formula is C11H21NO. The highest BCUT2D eigenvalue weighted by molar-refractivity contribution is 4.74. The number of piperidine rings is 1. The molecule has 0 bridgehead atoms. The minimum atomic E-state index is 0.645. The van der Waals surface area contributed by atoms with Gasteiger partial charge in [0.15, 0.2) is 0 Å². The second-order valence-corrected chi connectivity index (χ2v) is 4.61. The Morgan fingerprint density at radius 1 is 1.15 bits per heavy atom. The molecule has 0 aromatic carbocycles. The first-order valence-electron chi connectivity index (χ1n) is 5.65. The third-order valence-corrected chi connectivity index (χ3v) is 3.24. The Balaban J connectivity index is 1.53. The van der Waals surface area contributed by atoms with Crippen LogP contribution >= 0.6 is 0 Å². The Kier molecular flexibility index (Phi) is 3.23. The van der Waals surface area contributed by atoms with E-state index in [2.05, 4.69) is 11.9 Å². The summed E-state index contributed by atoms with van der Waals surface area (Å²) in [6, 6.07) is 0. The van der Waals surface area contributed by atoms with Crippen LogP contribution in [-0.2, 0) is 4.74 Å². The third-order valence-electron chi connectivity index (χ3n) is 3.24. The molecule has 1 aliphatic carbocycles. The van der Waals surface area contributed by atoms with Crippen LogP contribution in [0.15, 0.2) is 0 Å². The summed E-state index contributed by atoms with van der Waals surface area (Å²) in [5, 5.41) is 0. The molecule has 2 fully saturated rings. The zero-order valence-corrected chi connectivity index (χ0v) is 8.67. The molecule has 1 aliphatic heterocycles. The van der Waals surface area contributed by atoms with Gasteiger partial charge in [-0.25, -0.2) is 0 Å². The molecule has 2 heteroatoms. The van der Waals surface area contributed by atoms with Gasteiger partial charge in [0.1, 0.15) is 0 Å². The van der Waals surface area contributed by atoms with Crippen LogP contribution in [-0.4, -0.2) is 37.7 Å². The van der Waals surface area contributed by atoms with Crippen molar-refractivity contribution in [3.63, 3.8) is 0 Å². The number of nitrogens with zero attached hydrogens (tertiary/aromatic N) is 1. The minimum absolute atomic E-state index is 0.645. The monoisotopic (exact) mass is 183 g/mol. The van der Waals surface area contributed by atoms with Crippen LogP contribution in [0.25, 0.3) is 0 Å². The first-order chi connectivity index (χ1) is 6.34. The van der Waals surface area contributed by atoms with Crippen molar-refractivity contribution < 1.29 is 4.74 Å². The highest BCUT2D eigenvalue weighted by Gasteiger charge is 2.23. The van der Waals surface area contributed by atoms with Crippen molar-refractivity contribution in [2.45, 2.75) is 38.2 Å². The van der Waals surface area contributed by atoms with Gasteiger partial charge >= 0.3 is 0 Å². The lowest BCUT2D eigenvalue weighted by Gasteiger charge is -2.28. The zero-order chi connectivity index (χ0) is 9.10. The van der Waals surface area contributed by atoms with Gasteiger partial charge in [-0.15, -0.1) is 0 Å². The Morgan fingerprint density at radius 3 is 2.46 bits per heavy atom. The van der Waals surface area contributed by atoms with Gasteiger partial charge < -0.3 is 9.64 Å². The van der Waals surface area contributed by atoms with Crippen LogP contribution in [0, 0.1) is 5.92 Å². The average Bonchev–Trinajstić information content (AvgIpc) is 2.92. The molecular weight excluding hydrogens is 162 g/mol. The zero-order valence-electron chi connectivity index (χ0n) is 8.67. The Morgan fingerprint density at radius 2 is 1.85 bits per heavy atom. The van der Waals surface area contributed by atoms with E-state index in [-0.39, 0.29) is 0 Å². The summed E-state index contributed by atoms with van der Waals surface area (Å²) in [5.74, 6) is 0.940. The van der Waals surface area contributed by atoms with Crippen LogP contribution in [0.2, 0.25) is 0 Å². The molecule has 1 saturated carbocycles. The fraction of sp³-hybridized carbons (Fsp3) is 1.00. The van der Waals surface area contributed by atoms with E-state index < -0.39 is 0 Å². The lowest BCUT2D eigenvalue weighted by Crippen LogP contribution is -2.30. The van der Waals surface area contributed by atoms with E-state index in [9.17, 15) is 0 Å². The van der Waals surface area contributed by atoms with Gasteiger partial charge in [-0.3, -0.25) is 0 Å². The van der Waals surface area contributed by atoms with Gasteiger partial charge in [-0.1, -0.05) is 0 Å². The van der Waals surface area contributed by atoms with Crippen LogP contribution in [0.5, 0.6) is 0 Å². The SMILES string of the molecule is CN1CCC(CCOC2CC2)CC1. The maximum Gasteiger partial charge on any atom is 0.0577 e. The number of rotatable bonds is 4. The van der Waals surface area contributed by atoms with E-state index >= 15 is 0 Å². The summed E-state index contributed by atoms with van der Waals surface area (Å²) in [4.78, 5) is 2.43. The molecule has 0 radical (unpaired) electrons. The second-order valence-electron chi connectivity index (χ2n) is 4.61. The highest BCUT2D eigenvalue weighted by atomic mass is 16.5. The van der Waals surface area contributed by atoms with Gasteiger partial charge in [0.05, 0.1) is 6.10 Å². The van der Waals surface area contributed by atoms with Crippen molar-refractivity contribution in [3.8, 4) is 0 Å². The highest BCUT2D eigenvalue weighted by Crippen LogP contribution is 2.25. The van der Waals surface area contributed by atoms with Crippen molar-refractivity contribution in [2.24, 2.45) is 5.92 Å². The molecule has 0 aromatic rings. The van der Waals surface area contributed by atoms with Crippen molar-refractivity contribution in [2.75, 3.05) is 26.7 Å². The number of ether oxygens (including phenoxy) is 1. The van der Waals surface area contributed by atoms with E-state index in [4.69, 9.17) is 4.74 Å². The van der Waals surface area contributed by atoms with Crippen LogP contribution in [0.1, 0.15) is 32.1 Å². The summed E-state index contributed by atoms with van der Waals surface area (Å²) in [6.45, 7) is 3.58. The molecule has 13 heavy (non-hydrogen) atoms. The van der Waals surface area contributed by atoms with Crippen molar-refractivity contribution in [1.29, 1.82) is 0 Å². The van der Waals surface area contributed by atoms with E-state index in [0.717, 1.165) is 12.5 Å². The molecule has 76 valence electrons. The average molecular weight is 183 g/mol. The van der Waals surface area contributed by atoms with Gasteiger partial charge in [-0.05, 0) is 58.2 Å². The molecule has 0 atom stereocenters. The van der Waals surface area contributed by atoms with E-state index in [1.807, 2.05) is 0 Å². The number of hydrogen-bond acceptors (Lipinski definition) is 2. The molecule has 1 saturated heterocycles. The molecule has 2 nitrogen and oxygen atoms in total. The third kappa shape index (κ3) is 3.28. The van der Waals surface area contributed by atoms with Crippen LogP contribution in [0.3, 0.4) is 0 Å². The lowest BCUT2D eigenvalue weighted by atomic mass is 9.94. The van der Waals surface area contributed by atoms with E-state index in [1.54, 1.807) is 0 Å². The molecule has 0 aromatic heterocycles. The predicted octanol–water partition coefficient (Wildman–Crippen LogP) is 1.90.